The van der Waals surface area contributed by atoms with Crippen molar-refractivity contribution >= 4 is 21.8 Å². The number of carbonyl (C=O) groups is 1. The largest absolute Gasteiger partial charge is 0.484 e. The highest BCUT2D eigenvalue weighted by atomic mass is 79.9. The van der Waals surface area contributed by atoms with Crippen molar-refractivity contribution < 1.29 is 9.53 Å². The minimum absolute atomic E-state index is 0.00465. The molecule has 1 unspecified atom stereocenters. The summed E-state index contributed by atoms with van der Waals surface area (Å²) in [5.74, 6) is 0.986. The number of ether oxygens (including phenoxy) is 1. The van der Waals surface area contributed by atoms with E-state index in [1.807, 2.05) is 31.2 Å². The molecule has 1 rings (SSSR count). The van der Waals surface area contributed by atoms with Crippen LogP contribution in [0.5, 0.6) is 5.75 Å². The molecule has 0 aliphatic rings. The molecule has 0 bridgehead atoms. The van der Waals surface area contributed by atoms with Gasteiger partial charge in [0.05, 0.1) is 0 Å². The van der Waals surface area contributed by atoms with E-state index in [0.717, 1.165) is 10.9 Å². The molecular formula is C15H23BrN2O2. The van der Waals surface area contributed by atoms with Gasteiger partial charge in [0.25, 0.3) is 5.91 Å². The molecule has 0 aliphatic carbocycles. The van der Waals surface area contributed by atoms with Gasteiger partial charge in [0.2, 0.25) is 0 Å². The Morgan fingerprint density at radius 2 is 2.00 bits per heavy atom. The number of hydrogen-bond acceptors (Lipinski definition) is 3. The first-order valence-electron chi connectivity index (χ1n) is 6.74. The highest BCUT2D eigenvalue weighted by Gasteiger charge is 2.25. The summed E-state index contributed by atoms with van der Waals surface area (Å²) in [7, 11) is 0. The SMILES string of the molecule is CC(C)CC(C)(CN)NC(=O)COc1ccc(Br)cc1. The van der Waals surface area contributed by atoms with E-state index >= 15 is 0 Å². The molecule has 4 nitrogen and oxygen atoms in total. The van der Waals surface area contributed by atoms with Gasteiger partial charge in [-0.3, -0.25) is 4.79 Å². The van der Waals surface area contributed by atoms with Crippen LogP contribution in [0.1, 0.15) is 27.2 Å². The van der Waals surface area contributed by atoms with Crippen LogP contribution in [0.15, 0.2) is 28.7 Å². The Balaban J connectivity index is 2.48. The van der Waals surface area contributed by atoms with Gasteiger partial charge in [-0.15, -0.1) is 0 Å². The molecule has 0 heterocycles. The number of amides is 1. The van der Waals surface area contributed by atoms with Crippen LogP contribution in [-0.2, 0) is 4.79 Å². The van der Waals surface area contributed by atoms with E-state index in [0.29, 0.717) is 18.2 Å². The molecule has 20 heavy (non-hydrogen) atoms. The van der Waals surface area contributed by atoms with Crippen molar-refractivity contribution in [2.75, 3.05) is 13.2 Å². The third kappa shape index (κ3) is 5.92. The zero-order valence-electron chi connectivity index (χ0n) is 12.3. The second-order valence-corrected chi connectivity index (χ2v) is 6.57. The predicted octanol–water partition coefficient (Wildman–Crippen LogP) is 2.71. The van der Waals surface area contributed by atoms with Gasteiger partial charge in [0.1, 0.15) is 5.75 Å². The number of hydrogen-bond donors (Lipinski definition) is 2. The molecule has 0 aliphatic heterocycles. The van der Waals surface area contributed by atoms with Gasteiger partial charge in [-0.05, 0) is 43.5 Å². The molecule has 1 amide bonds. The summed E-state index contributed by atoms with van der Waals surface area (Å²) in [4.78, 5) is 11.9. The Labute approximate surface area is 129 Å². The molecule has 0 saturated heterocycles. The van der Waals surface area contributed by atoms with E-state index in [-0.39, 0.29) is 18.1 Å². The van der Waals surface area contributed by atoms with Gasteiger partial charge < -0.3 is 15.8 Å². The van der Waals surface area contributed by atoms with Gasteiger partial charge in [-0.25, -0.2) is 0 Å². The number of nitrogens with one attached hydrogen (secondary N) is 1. The van der Waals surface area contributed by atoms with Crippen LogP contribution < -0.4 is 15.8 Å². The van der Waals surface area contributed by atoms with Gasteiger partial charge in [0, 0.05) is 16.6 Å². The third-order valence-corrected chi connectivity index (χ3v) is 3.46. The van der Waals surface area contributed by atoms with Crippen molar-refractivity contribution in [3.8, 4) is 5.75 Å². The van der Waals surface area contributed by atoms with Gasteiger partial charge >= 0.3 is 0 Å². The molecule has 0 aromatic heterocycles. The zero-order chi connectivity index (χ0) is 15.2. The number of halogens is 1. The highest BCUT2D eigenvalue weighted by molar-refractivity contribution is 9.10. The van der Waals surface area contributed by atoms with Crippen molar-refractivity contribution in [2.45, 2.75) is 32.7 Å². The van der Waals surface area contributed by atoms with E-state index in [1.54, 1.807) is 0 Å². The lowest BCUT2D eigenvalue weighted by atomic mass is 9.91. The van der Waals surface area contributed by atoms with Crippen LogP contribution in [0.2, 0.25) is 0 Å². The summed E-state index contributed by atoms with van der Waals surface area (Å²) in [5.41, 5.74) is 5.39. The van der Waals surface area contributed by atoms with Crippen LogP contribution in [0.3, 0.4) is 0 Å². The molecule has 0 fully saturated rings. The normalized spacial score (nSPS) is 13.9. The van der Waals surface area contributed by atoms with Crippen LogP contribution in [0.25, 0.3) is 0 Å². The van der Waals surface area contributed by atoms with Crippen molar-refractivity contribution in [1.29, 1.82) is 0 Å². The molecule has 112 valence electrons. The number of rotatable bonds is 7. The fraction of sp³-hybridized carbons (Fsp3) is 0.533. The summed E-state index contributed by atoms with van der Waals surface area (Å²) < 4.78 is 6.42. The zero-order valence-corrected chi connectivity index (χ0v) is 13.9. The van der Waals surface area contributed by atoms with Gasteiger partial charge in [-0.1, -0.05) is 29.8 Å². The summed E-state index contributed by atoms with van der Waals surface area (Å²) >= 11 is 3.35. The standard InChI is InChI=1S/C15H23BrN2O2/c1-11(2)8-15(3,10-17)18-14(19)9-20-13-6-4-12(16)5-7-13/h4-7,11H,8-10,17H2,1-3H3,(H,18,19). The number of nitrogens with two attached hydrogens (primary N) is 1. The lowest BCUT2D eigenvalue weighted by Gasteiger charge is -2.31. The quantitative estimate of drug-likeness (QED) is 0.800. The summed E-state index contributed by atoms with van der Waals surface area (Å²) in [6.45, 7) is 6.59. The number of benzene rings is 1. The molecule has 0 saturated carbocycles. The minimum atomic E-state index is -0.381. The summed E-state index contributed by atoms with van der Waals surface area (Å²) in [5, 5.41) is 2.96. The molecular weight excluding hydrogens is 320 g/mol. The molecule has 3 N–H and O–H groups in total. The fourth-order valence-electron chi connectivity index (χ4n) is 2.14. The van der Waals surface area contributed by atoms with E-state index in [2.05, 4.69) is 35.1 Å². The first-order valence-corrected chi connectivity index (χ1v) is 7.53. The molecule has 0 radical (unpaired) electrons. The second kappa shape index (κ2) is 7.64. The van der Waals surface area contributed by atoms with Crippen LogP contribution in [-0.4, -0.2) is 24.6 Å². The fourth-order valence-corrected chi connectivity index (χ4v) is 2.40. The Morgan fingerprint density at radius 1 is 1.40 bits per heavy atom. The lowest BCUT2D eigenvalue weighted by molar-refractivity contribution is -0.125. The van der Waals surface area contributed by atoms with Gasteiger partial charge in [-0.2, -0.15) is 0 Å². The number of carbonyl (C=O) groups excluding carboxylic acids is 1. The first kappa shape index (κ1) is 17.0. The summed E-state index contributed by atoms with van der Waals surface area (Å²) in [6.07, 6.45) is 0.841. The summed E-state index contributed by atoms with van der Waals surface area (Å²) in [6, 6.07) is 7.37. The maximum atomic E-state index is 11.9. The average Bonchev–Trinajstić information content (AvgIpc) is 2.37. The lowest BCUT2D eigenvalue weighted by Crippen LogP contribution is -2.53. The smallest absolute Gasteiger partial charge is 0.258 e. The second-order valence-electron chi connectivity index (χ2n) is 5.65. The van der Waals surface area contributed by atoms with Crippen molar-refractivity contribution in [3.05, 3.63) is 28.7 Å². The van der Waals surface area contributed by atoms with E-state index in [4.69, 9.17) is 10.5 Å². The van der Waals surface area contributed by atoms with Crippen LogP contribution in [0.4, 0.5) is 0 Å². The Bertz CT molecular complexity index is 434. The maximum absolute atomic E-state index is 11.9. The first-order chi connectivity index (χ1) is 9.34. The van der Waals surface area contributed by atoms with E-state index in [1.165, 1.54) is 0 Å². The molecule has 1 aromatic rings. The van der Waals surface area contributed by atoms with Crippen LogP contribution in [0, 0.1) is 5.92 Å². The van der Waals surface area contributed by atoms with Crippen molar-refractivity contribution in [1.82, 2.24) is 5.32 Å². The highest BCUT2D eigenvalue weighted by Crippen LogP contribution is 2.17. The Kier molecular flexibility index (Phi) is 6.49. The monoisotopic (exact) mass is 342 g/mol. The van der Waals surface area contributed by atoms with Gasteiger partial charge in [0.15, 0.2) is 6.61 Å². The minimum Gasteiger partial charge on any atom is -0.484 e. The third-order valence-electron chi connectivity index (χ3n) is 2.93. The molecule has 5 heteroatoms. The Hall–Kier alpha value is -1.07. The van der Waals surface area contributed by atoms with Crippen molar-refractivity contribution in [3.63, 3.8) is 0 Å². The maximum Gasteiger partial charge on any atom is 0.258 e. The average molecular weight is 343 g/mol. The Morgan fingerprint density at radius 3 is 2.50 bits per heavy atom. The van der Waals surface area contributed by atoms with E-state index in [9.17, 15) is 4.79 Å². The van der Waals surface area contributed by atoms with E-state index < -0.39 is 0 Å². The van der Waals surface area contributed by atoms with Crippen LogP contribution >= 0.6 is 15.9 Å². The topological polar surface area (TPSA) is 64.3 Å². The van der Waals surface area contributed by atoms with Crippen molar-refractivity contribution in [2.24, 2.45) is 11.7 Å². The molecule has 1 atom stereocenters. The predicted molar refractivity (Wildman–Crippen MR) is 84.7 cm³/mol. The molecule has 1 aromatic carbocycles. The molecule has 0 spiro atoms.